The number of aromatic nitrogens is 2. The second-order valence-electron chi connectivity index (χ2n) is 4.10. The molecule has 0 spiro atoms. The molecular weight excluding hydrogens is 350 g/mol. The molecule has 0 aliphatic carbocycles. The highest BCUT2D eigenvalue weighted by Crippen LogP contribution is 2.32. The first kappa shape index (κ1) is 13.4. The molecule has 3 aromatic rings. The Balaban J connectivity index is 2.32. The summed E-state index contributed by atoms with van der Waals surface area (Å²) in [6.45, 7) is 0. The minimum Gasteiger partial charge on any atom is -0.225 e. The van der Waals surface area contributed by atoms with Gasteiger partial charge in [-0.2, -0.15) is 0 Å². The zero-order valence-corrected chi connectivity index (χ0v) is 12.2. The molecule has 0 atom stereocenters. The molecule has 0 bridgehead atoms. The van der Waals surface area contributed by atoms with Gasteiger partial charge < -0.3 is 0 Å². The van der Waals surface area contributed by atoms with E-state index in [1.165, 1.54) is 30.3 Å². The van der Waals surface area contributed by atoms with Crippen LogP contribution in [-0.2, 0) is 0 Å². The fourth-order valence-electron chi connectivity index (χ4n) is 1.88. The van der Waals surface area contributed by atoms with Gasteiger partial charge >= 0.3 is 0 Å². The average molecular weight is 356 g/mol. The van der Waals surface area contributed by atoms with E-state index in [0.717, 1.165) is 0 Å². The van der Waals surface area contributed by atoms with E-state index >= 15 is 0 Å². The summed E-state index contributed by atoms with van der Waals surface area (Å²) in [5.41, 5.74) is 0.534. The molecule has 0 aliphatic rings. The fraction of sp³-hybridized carbons (Fsp3) is 0. The largest absolute Gasteiger partial charge is 0.225 e. The predicted octanol–water partition coefficient (Wildman–Crippen LogP) is 4.99. The second kappa shape index (κ2) is 5.07. The Morgan fingerprint density at radius 1 is 1.05 bits per heavy atom. The molecule has 1 aromatic heterocycles. The highest BCUT2D eigenvalue weighted by atomic mass is 79.9. The van der Waals surface area contributed by atoms with E-state index in [9.17, 15) is 8.78 Å². The quantitative estimate of drug-likeness (QED) is 0.575. The van der Waals surface area contributed by atoms with E-state index in [2.05, 4.69) is 25.9 Å². The fourth-order valence-corrected chi connectivity index (χ4v) is 2.78. The summed E-state index contributed by atoms with van der Waals surface area (Å²) in [4.78, 5) is 8.25. The van der Waals surface area contributed by atoms with Crippen molar-refractivity contribution in [3.63, 3.8) is 0 Å². The number of hydrogen-bond donors (Lipinski definition) is 0. The Bertz CT molecular complexity index is 824. The van der Waals surface area contributed by atoms with Crippen molar-refractivity contribution in [2.75, 3.05) is 0 Å². The summed E-state index contributed by atoms with van der Waals surface area (Å²) in [6.07, 6.45) is 0. The van der Waals surface area contributed by atoms with Crippen molar-refractivity contribution in [3.8, 4) is 11.4 Å². The molecule has 0 saturated heterocycles. The van der Waals surface area contributed by atoms with Crippen LogP contribution in [0.1, 0.15) is 0 Å². The monoisotopic (exact) mass is 354 g/mol. The third-order valence-electron chi connectivity index (χ3n) is 2.79. The SMILES string of the molecule is Fc1cccc(-c2nc(Cl)c3c(Br)ccc(F)c3n2)c1. The molecule has 20 heavy (non-hydrogen) atoms. The maximum Gasteiger partial charge on any atom is 0.161 e. The van der Waals surface area contributed by atoms with Crippen LogP contribution in [-0.4, -0.2) is 9.97 Å². The minimum absolute atomic E-state index is 0.0960. The van der Waals surface area contributed by atoms with Gasteiger partial charge in [0.15, 0.2) is 5.82 Å². The first-order chi connectivity index (χ1) is 9.56. The number of benzene rings is 2. The molecule has 2 nitrogen and oxygen atoms in total. The molecule has 1 heterocycles. The van der Waals surface area contributed by atoms with Crippen LogP contribution < -0.4 is 0 Å². The van der Waals surface area contributed by atoms with Crippen molar-refractivity contribution in [1.29, 1.82) is 0 Å². The maximum absolute atomic E-state index is 13.9. The van der Waals surface area contributed by atoms with E-state index in [1.807, 2.05) is 0 Å². The van der Waals surface area contributed by atoms with E-state index in [4.69, 9.17) is 11.6 Å². The van der Waals surface area contributed by atoms with Crippen molar-refractivity contribution >= 4 is 38.4 Å². The maximum atomic E-state index is 13.9. The number of halogens is 4. The van der Waals surface area contributed by atoms with Gasteiger partial charge in [0.1, 0.15) is 22.3 Å². The van der Waals surface area contributed by atoms with E-state index in [1.54, 1.807) is 6.07 Å². The van der Waals surface area contributed by atoms with E-state index in [0.29, 0.717) is 15.4 Å². The highest BCUT2D eigenvalue weighted by Gasteiger charge is 2.14. The predicted molar refractivity (Wildman–Crippen MR) is 77.6 cm³/mol. The summed E-state index contributed by atoms with van der Waals surface area (Å²) in [7, 11) is 0. The van der Waals surface area contributed by atoms with Crippen LogP contribution in [0.25, 0.3) is 22.3 Å². The van der Waals surface area contributed by atoms with Gasteiger partial charge in [0.25, 0.3) is 0 Å². The topological polar surface area (TPSA) is 25.8 Å². The molecule has 100 valence electrons. The normalized spacial score (nSPS) is 11.0. The Labute approximate surface area is 126 Å². The summed E-state index contributed by atoms with van der Waals surface area (Å²) >= 11 is 9.37. The summed E-state index contributed by atoms with van der Waals surface area (Å²) < 4.78 is 27.7. The smallest absolute Gasteiger partial charge is 0.161 e. The molecule has 0 N–H and O–H groups in total. The first-order valence-electron chi connectivity index (χ1n) is 5.63. The Morgan fingerprint density at radius 2 is 1.85 bits per heavy atom. The van der Waals surface area contributed by atoms with E-state index in [-0.39, 0.29) is 16.5 Å². The molecule has 0 radical (unpaired) electrons. The molecule has 2 aromatic carbocycles. The van der Waals surface area contributed by atoms with Gasteiger partial charge in [-0.15, -0.1) is 0 Å². The molecular formula is C14H6BrClF2N2. The molecule has 0 amide bonds. The van der Waals surface area contributed by atoms with Crippen LogP contribution in [0.15, 0.2) is 40.9 Å². The van der Waals surface area contributed by atoms with Gasteiger partial charge in [0.2, 0.25) is 0 Å². The van der Waals surface area contributed by atoms with Crippen LogP contribution in [0.5, 0.6) is 0 Å². The molecule has 6 heteroatoms. The van der Waals surface area contributed by atoms with Gasteiger partial charge in [-0.05, 0) is 40.2 Å². The Hall–Kier alpha value is -1.59. The van der Waals surface area contributed by atoms with Crippen LogP contribution in [0.3, 0.4) is 0 Å². The van der Waals surface area contributed by atoms with Gasteiger partial charge in [-0.3, -0.25) is 0 Å². The average Bonchev–Trinajstić information content (AvgIpc) is 2.42. The van der Waals surface area contributed by atoms with Crippen molar-refractivity contribution < 1.29 is 8.78 Å². The standard InChI is InChI=1S/C14H6BrClF2N2/c15-9-4-5-10(18)12-11(9)13(16)20-14(19-12)7-2-1-3-8(17)6-7/h1-6H. The highest BCUT2D eigenvalue weighted by molar-refractivity contribution is 9.10. The van der Waals surface area contributed by atoms with Crippen LogP contribution in [0.2, 0.25) is 5.15 Å². The lowest BCUT2D eigenvalue weighted by Gasteiger charge is -2.07. The first-order valence-corrected chi connectivity index (χ1v) is 6.80. The zero-order valence-electron chi connectivity index (χ0n) is 9.87. The lowest BCUT2D eigenvalue weighted by atomic mass is 10.2. The second-order valence-corrected chi connectivity index (χ2v) is 5.31. The summed E-state index contributed by atoms with van der Waals surface area (Å²) in [6, 6.07) is 8.57. The van der Waals surface area contributed by atoms with E-state index < -0.39 is 11.6 Å². The lowest BCUT2D eigenvalue weighted by Crippen LogP contribution is -1.95. The van der Waals surface area contributed by atoms with Crippen molar-refractivity contribution in [3.05, 3.63) is 57.7 Å². The Morgan fingerprint density at radius 3 is 2.60 bits per heavy atom. The summed E-state index contributed by atoms with van der Waals surface area (Å²) in [5.74, 6) is -0.749. The molecule has 0 aliphatic heterocycles. The molecule has 0 unspecified atom stereocenters. The Kier molecular flexibility index (Phi) is 3.40. The van der Waals surface area contributed by atoms with Gasteiger partial charge in [-0.25, -0.2) is 18.7 Å². The van der Waals surface area contributed by atoms with Gasteiger partial charge in [-0.1, -0.05) is 23.7 Å². The molecule has 0 saturated carbocycles. The van der Waals surface area contributed by atoms with Crippen LogP contribution in [0, 0.1) is 11.6 Å². The number of nitrogens with zero attached hydrogens (tertiary/aromatic N) is 2. The van der Waals surface area contributed by atoms with Gasteiger partial charge in [0, 0.05) is 10.0 Å². The van der Waals surface area contributed by atoms with Crippen molar-refractivity contribution in [2.24, 2.45) is 0 Å². The summed E-state index contributed by atoms with van der Waals surface area (Å²) in [5, 5.41) is 0.507. The van der Waals surface area contributed by atoms with Gasteiger partial charge in [0.05, 0.1) is 5.39 Å². The number of hydrogen-bond acceptors (Lipinski definition) is 2. The number of fused-ring (bicyclic) bond motifs is 1. The van der Waals surface area contributed by atoms with Crippen molar-refractivity contribution in [1.82, 2.24) is 9.97 Å². The third kappa shape index (κ3) is 2.27. The number of rotatable bonds is 1. The third-order valence-corrected chi connectivity index (χ3v) is 3.72. The zero-order chi connectivity index (χ0) is 14.3. The minimum atomic E-state index is -0.509. The van der Waals surface area contributed by atoms with Crippen LogP contribution in [0.4, 0.5) is 8.78 Å². The van der Waals surface area contributed by atoms with Crippen LogP contribution >= 0.6 is 27.5 Å². The van der Waals surface area contributed by atoms with Crippen molar-refractivity contribution in [2.45, 2.75) is 0 Å². The molecule has 0 fully saturated rings. The lowest BCUT2D eigenvalue weighted by molar-refractivity contribution is 0.628. The molecule has 3 rings (SSSR count).